The molecule has 1 rings (SSSR count). The molecule has 1 saturated heterocycles. The molecule has 1 unspecified atom stereocenters. The minimum Gasteiger partial charge on any atom is -0.479 e. The summed E-state index contributed by atoms with van der Waals surface area (Å²) in [7, 11) is 0. The zero-order chi connectivity index (χ0) is 11.3. The largest absolute Gasteiger partial charge is 0.479 e. The highest BCUT2D eigenvalue weighted by Crippen LogP contribution is 2.26. The second-order valence-corrected chi connectivity index (χ2v) is 3.79. The minimum atomic E-state index is -1.14. The molecule has 1 amide bonds. The summed E-state index contributed by atoms with van der Waals surface area (Å²) in [6.07, 6.45) is 2.52. The van der Waals surface area contributed by atoms with E-state index in [-0.39, 0.29) is 6.61 Å². The van der Waals surface area contributed by atoms with Gasteiger partial charge in [0.2, 0.25) is 6.41 Å². The van der Waals surface area contributed by atoms with Crippen LogP contribution in [0.5, 0.6) is 0 Å². The third kappa shape index (κ3) is 2.28. The quantitative estimate of drug-likeness (QED) is 0.678. The highest BCUT2D eigenvalue weighted by molar-refractivity contribution is 5.81. The van der Waals surface area contributed by atoms with Crippen LogP contribution < -0.4 is 0 Å². The summed E-state index contributed by atoms with van der Waals surface area (Å²) in [5.41, 5.74) is -1.14. The fourth-order valence-electron chi connectivity index (χ4n) is 1.91. The first-order chi connectivity index (χ1) is 7.17. The van der Waals surface area contributed by atoms with Crippen molar-refractivity contribution in [1.82, 2.24) is 4.90 Å². The Bertz CT molecular complexity index is 236. The average molecular weight is 215 g/mol. The van der Waals surface area contributed by atoms with Gasteiger partial charge in [-0.2, -0.15) is 0 Å². The lowest BCUT2D eigenvalue weighted by molar-refractivity contribution is -0.165. The minimum absolute atomic E-state index is 0.0983. The molecule has 1 fully saturated rings. The molecule has 0 aromatic carbocycles. The third-order valence-corrected chi connectivity index (χ3v) is 2.76. The van der Waals surface area contributed by atoms with Gasteiger partial charge in [-0.1, -0.05) is 6.92 Å². The van der Waals surface area contributed by atoms with E-state index in [1.807, 2.05) is 6.92 Å². The van der Waals surface area contributed by atoms with Crippen molar-refractivity contribution >= 4 is 12.4 Å². The Labute approximate surface area is 89.0 Å². The van der Waals surface area contributed by atoms with Crippen LogP contribution in [0.25, 0.3) is 0 Å². The van der Waals surface area contributed by atoms with E-state index in [2.05, 4.69) is 0 Å². The Balaban J connectivity index is 2.86. The summed E-state index contributed by atoms with van der Waals surface area (Å²) >= 11 is 0. The lowest BCUT2D eigenvalue weighted by Gasteiger charge is -2.40. The predicted molar refractivity (Wildman–Crippen MR) is 53.5 cm³/mol. The van der Waals surface area contributed by atoms with Crippen LogP contribution in [0.2, 0.25) is 0 Å². The molecule has 0 aliphatic carbocycles. The van der Waals surface area contributed by atoms with Gasteiger partial charge in [0.15, 0.2) is 5.54 Å². The van der Waals surface area contributed by atoms with Crippen LogP contribution in [0.1, 0.15) is 26.2 Å². The van der Waals surface area contributed by atoms with Crippen LogP contribution in [0.3, 0.4) is 0 Å². The third-order valence-electron chi connectivity index (χ3n) is 2.76. The molecule has 86 valence electrons. The fourth-order valence-corrected chi connectivity index (χ4v) is 1.91. The number of hydrogen-bond donors (Lipinski definition) is 1. The van der Waals surface area contributed by atoms with Crippen molar-refractivity contribution in [3.63, 3.8) is 0 Å². The van der Waals surface area contributed by atoms with Crippen LogP contribution in [0, 0.1) is 0 Å². The lowest BCUT2D eigenvalue weighted by atomic mass is 9.90. The number of carbonyl (C=O) groups is 2. The molecular formula is C10H17NO4. The molecule has 5 heteroatoms. The second kappa shape index (κ2) is 5.11. The van der Waals surface area contributed by atoms with E-state index in [1.165, 1.54) is 4.90 Å². The fraction of sp³-hybridized carbons (Fsp3) is 0.800. The van der Waals surface area contributed by atoms with E-state index in [0.29, 0.717) is 32.4 Å². The van der Waals surface area contributed by atoms with Crippen molar-refractivity contribution in [1.29, 1.82) is 0 Å². The Kier molecular flexibility index (Phi) is 4.08. The van der Waals surface area contributed by atoms with Crippen molar-refractivity contribution in [3.8, 4) is 0 Å². The number of rotatable bonds is 5. The van der Waals surface area contributed by atoms with Crippen LogP contribution in [0.4, 0.5) is 0 Å². The Morgan fingerprint density at radius 2 is 2.40 bits per heavy atom. The normalized spacial score (nSPS) is 25.9. The number of carboxylic acid groups (broad SMARTS) is 1. The highest BCUT2D eigenvalue weighted by atomic mass is 16.5. The molecule has 0 aromatic rings. The number of ether oxygens (including phenoxy) is 1. The molecular weight excluding hydrogens is 198 g/mol. The number of aliphatic carboxylic acids is 1. The van der Waals surface area contributed by atoms with Gasteiger partial charge in [0.25, 0.3) is 0 Å². The molecule has 5 nitrogen and oxygen atoms in total. The van der Waals surface area contributed by atoms with Crippen molar-refractivity contribution < 1.29 is 19.4 Å². The molecule has 1 aliphatic rings. The first-order valence-corrected chi connectivity index (χ1v) is 5.20. The second-order valence-electron chi connectivity index (χ2n) is 3.79. The topological polar surface area (TPSA) is 66.8 Å². The highest BCUT2D eigenvalue weighted by Gasteiger charge is 2.45. The zero-order valence-corrected chi connectivity index (χ0v) is 8.94. The van der Waals surface area contributed by atoms with E-state index in [4.69, 9.17) is 4.74 Å². The summed E-state index contributed by atoms with van der Waals surface area (Å²) in [5.74, 6) is -0.970. The molecule has 1 heterocycles. The molecule has 1 aliphatic heterocycles. The maximum Gasteiger partial charge on any atom is 0.332 e. The number of carboxylic acids is 1. The molecule has 1 atom stereocenters. The van der Waals surface area contributed by atoms with E-state index in [1.54, 1.807) is 0 Å². The smallest absolute Gasteiger partial charge is 0.332 e. The van der Waals surface area contributed by atoms with E-state index in [0.717, 1.165) is 6.42 Å². The van der Waals surface area contributed by atoms with Crippen molar-refractivity contribution in [2.75, 3.05) is 19.8 Å². The summed E-state index contributed by atoms with van der Waals surface area (Å²) in [5, 5.41) is 9.24. The first-order valence-electron chi connectivity index (χ1n) is 5.20. The summed E-state index contributed by atoms with van der Waals surface area (Å²) in [4.78, 5) is 23.5. The number of carbonyl (C=O) groups excluding carboxylic acids is 1. The SMILES string of the molecule is CCCN(C=O)C1(C(=O)O)CCCOC1. The van der Waals surface area contributed by atoms with Gasteiger partial charge < -0.3 is 14.7 Å². The maximum absolute atomic E-state index is 11.3. The zero-order valence-electron chi connectivity index (χ0n) is 8.94. The van der Waals surface area contributed by atoms with Crippen molar-refractivity contribution in [2.45, 2.75) is 31.7 Å². The van der Waals surface area contributed by atoms with Gasteiger partial charge >= 0.3 is 5.97 Å². The van der Waals surface area contributed by atoms with Crippen LogP contribution >= 0.6 is 0 Å². The average Bonchev–Trinajstić information content (AvgIpc) is 2.26. The molecule has 0 aromatic heterocycles. The van der Waals surface area contributed by atoms with Gasteiger partial charge in [0.1, 0.15) is 0 Å². The van der Waals surface area contributed by atoms with Gasteiger partial charge in [-0.25, -0.2) is 4.79 Å². The predicted octanol–water partition coefficient (Wildman–Crippen LogP) is 0.489. The Morgan fingerprint density at radius 3 is 2.80 bits per heavy atom. The van der Waals surface area contributed by atoms with Gasteiger partial charge in [-0.15, -0.1) is 0 Å². The van der Waals surface area contributed by atoms with Crippen molar-refractivity contribution in [2.24, 2.45) is 0 Å². The van der Waals surface area contributed by atoms with E-state index < -0.39 is 11.5 Å². The van der Waals surface area contributed by atoms with Crippen LogP contribution in [0.15, 0.2) is 0 Å². The molecule has 0 saturated carbocycles. The maximum atomic E-state index is 11.3. The number of nitrogens with zero attached hydrogens (tertiary/aromatic N) is 1. The van der Waals surface area contributed by atoms with Crippen LogP contribution in [-0.4, -0.2) is 47.7 Å². The molecule has 15 heavy (non-hydrogen) atoms. The number of hydrogen-bond acceptors (Lipinski definition) is 3. The molecule has 0 radical (unpaired) electrons. The number of amides is 1. The van der Waals surface area contributed by atoms with Gasteiger partial charge in [-0.05, 0) is 19.3 Å². The Morgan fingerprint density at radius 1 is 1.67 bits per heavy atom. The first kappa shape index (κ1) is 12.0. The lowest BCUT2D eigenvalue weighted by Crippen LogP contribution is -2.59. The van der Waals surface area contributed by atoms with E-state index in [9.17, 15) is 14.7 Å². The summed E-state index contributed by atoms with van der Waals surface area (Å²) in [6, 6.07) is 0. The molecule has 1 N–H and O–H groups in total. The Hall–Kier alpha value is -1.10. The summed E-state index contributed by atoms with van der Waals surface area (Å²) in [6.45, 7) is 3.05. The van der Waals surface area contributed by atoms with Crippen molar-refractivity contribution in [3.05, 3.63) is 0 Å². The standard InChI is InChI=1S/C10H17NO4/c1-2-5-11(8-12)10(9(13)14)4-3-6-15-7-10/h8H,2-7H2,1H3,(H,13,14). The molecule has 0 spiro atoms. The monoisotopic (exact) mass is 215 g/mol. The molecule has 0 bridgehead atoms. The van der Waals surface area contributed by atoms with Crippen LogP contribution in [-0.2, 0) is 14.3 Å². The van der Waals surface area contributed by atoms with E-state index >= 15 is 0 Å². The summed E-state index contributed by atoms with van der Waals surface area (Å²) < 4.78 is 5.19. The van der Waals surface area contributed by atoms with Gasteiger partial charge in [-0.3, -0.25) is 4.79 Å². The van der Waals surface area contributed by atoms with Gasteiger partial charge in [0.05, 0.1) is 6.61 Å². The van der Waals surface area contributed by atoms with Gasteiger partial charge in [0, 0.05) is 13.2 Å².